The van der Waals surface area contributed by atoms with E-state index in [0.29, 0.717) is 23.7 Å². The monoisotopic (exact) mass is 344 g/mol. The molecule has 0 amide bonds. The van der Waals surface area contributed by atoms with Gasteiger partial charge < -0.3 is 20.5 Å². The smallest absolute Gasteiger partial charge is 0.248 e. The molecule has 1 aliphatic rings. The number of hydrogen-bond acceptors (Lipinski definition) is 4. The summed E-state index contributed by atoms with van der Waals surface area (Å²) in [6.07, 6.45) is 4.01. The molecule has 4 N–H and O–H groups in total. The first-order valence-electron chi connectivity index (χ1n) is 9.29. The zero-order valence-electron chi connectivity index (χ0n) is 15.0. The van der Waals surface area contributed by atoms with Gasteiger partial charge in [0.15, 0.2) is 0 Å². The summed E-state index contributed by atoms with van der Waals surface area (Å²) in [5, 5.41) is 24.8. The van der Waals surface area contributed by atoms with E-state index in [2.05, 4.69) is 24.1 Å². The van der Waals surface area contributed by atoms with Gasteiger partial charge in [-0.25, -0.2) is 0 Å². The van der Waals surface area contributed by atoms with E-state index in [1.807, 2.05) is 0 Å². The number of pyridine rings is 1. The van der Waals surface area contributed by atoms with Gasteiger partial charge in [0.25, 0.3) is 0 Å². The summed E-state index contributed by atoms with van der Waals surface area (Å²) < 4.78 is 0. The standard InChI is InChI=1S/C20H28N2O3/c1-3-12-7-14(8-13(12)4-2)21-11-19(24)17-9-15(23)10-18-16(17)5-6-20(25)22-18/h5-6,9-10,12-14,19,21,23-24H,3-4,7-8,11H2,1-2H3,(H,22,25)/t12?,13?,14?,19-/m0/s1. The highest BCUT2D eigenvalue weighted by molar-refractivity contribution is 5.84. The predicted octanol–water partition coefficient (Wildman–Crippen LogP) is 3.07. The molecule has 136 valence electrons. The van der Waals surface area contributed by atoms with Gasteiger partial charge in [-0.1, -0.05) is 26.7 Å². The molecule has 1 aromatic carbocycles. The first-order chi connectivity index (χ1) is 12.0. The Balaban J connectivity index is 1.73. The number of aliphatic hydroxyl groups is 1. The lowest BCUT2D eigenvalue weighted by molar-refractivity contribution is 0.170. The molecule has 0 saturated heterocycles. The topological polar surface area (TPSA) is 85.3 Å². The Morgan fingerprint density at radius 1 is 1.20 bits per heavy atom. The van der Waals surface area contributed by atoms with Crippen molar-refractivity contribution < 1.29 is 10.2 Å². The first kappa shape index (κ1) is 18.0. The highest BCUT2D eigenvalue weighted by Gasteiger charge is 2.31. The highest BCUT2D eigenvalue weighted by Crippen LogP contribution is 2.36. The van der Waals surface area contributed by atoms with E-state index in [1.54, 1.807) is 12.1 Å². The van der Waals surface area contributed by atoms with Crippen molar-refractivity contribution in [3.8, 4) is 5.75 Å². The average molecular weight is 344 g/mol. The Morgan fingerprint density at radius 2 is 1.88 bits per heavy atom. The maximum atomic E-state index is 11.5. The van der Waals surface area contributed by atoms with Crippen LogP contribution in [-0.2, 0) is 0 Å². The number of benzene rings is 1. The number of rotatable bonds is 6. The van der Waals surface area contributed by atoms with Crippen LogP contribution in [0.1, 0.15) is 51.2 Å². The van der Waals surface area contributed by atoms with Crippen LogP contribution in [0.4, 0.5) is 0 Å². The van der Waals surface area contributed by atoms with Crippen LogP contribution >= 0.6 is 0 Å². The Labute approximate surface area is 148 Å². The molecule has 0 radical (unpaired) electrons. The lowest BCUT2D eigenvalue weighted by Crippen LogP contribution is -2.31. The number of H-pyrrole nitrogens is 1. The fourth-order valence-electron chi connectivity index (χ4n) is 4.33. The molecule has 0 bridgehead atoms. The molecular weight excluding hydrogens is 316 g/mol. The second kappa shape index (κ2) is 7.58. The van der Waals surface area contributed by atoms with Crippen LogP contribution in [0.5, 0.6) is 5.75 Å². The quantitative estimate of drug-likeness (QED) is 0.649. The minimum Gasteiger partial charge on any atom is -0.508 e. The Morgan fingerprint density at radius 3 is 2.52 bits per heavy atom. The Hall–Kier alpha value is -1.85. The van der Waals surface area contributed by atoms with Crippen molar-refractivity contribution in [1.29, 1.82) is 0 Å². The number of phenols is 1. The minimum absolute atomic E-state index is 0.0429. The van der Waals surface area contributed by atoms with Crippen molar-refractivity contribution in [2.45, 2.75) is 51.7 Å². The van der Waals surface area contributed by atoms with E-state index in [-0.39, 0.29) is 11.3 Å². The SMILES string of the molecule is CCC1CC(NC[C@H](O)c2cc(O)cc3[nH]c(=O)ccc23)CC1CC. The van der Waals surface area contributed by atoms with Crippen LogP contribution in [0, 0.1) is 11.8 Å². The second-order valence-electron chi connectivity index (χ2n) is 7.25. The number of aliphatic hydroxyl groups excluding tert-OH is 1. The van der Waals surface area contributed by atoms with Crippen LogP contribution in [-0.4, -0.2) is 27.8 Å². The van der Waals surface area contributed by atoms with Gasteiger partial charge in [0.2, 0.25) is 5.56 Å². The van der Waals surface area contributed by atoms with Crippen molar-refractivity contribution in [2.75, 3.05) is 6.54 Å². The number of hydrogen-bond donors (Lipinski definition) is 4. The summed E-state index contributed by atoms with van der Waals surface area (Å²) in [6.45, 7) is 4.95. The molecule has 1 fully saturated rings. The number of nitrogens with one attached hydrogen (secondary N) is 2. The minimum atomic E-state index is -0.735. The number of aromatic amines is 1. The number of phenolic OH excluding ortho intramolecular Hbond substituents is 1. The lowest BCUT2D eigenvalue weighted by Gasteiger charge is -2.18. The molecule has 5 heteroatoms. The Bertz CT molecular complexity index is 774. The van der Waals surface area contributed by atoms with Crippen molar-refractivity contribution in [2.24, 2.45) is 11.8 Å². The van der Waals surface area contributed by atoms with Crippen LogP contribution < -0.4 is 10.9 Å². The fraction of sp³-hybridized carbons (Fsp3) is 0.550. The maximum Gasteiger partial charge on any atom is 0.248 e. The molecule has 3 rings (SSSR count). The van der Waals surface area contributed by atoms with E-state index in [0.717, 1.165) is 30.1 Å². The lowest BCUT2D eigenvalue weighted by atomic mass is 9.92. The summed E-state index contributed by atoms with van der Waals surface area (Å²) in [4.78, 5) is 14.2. The van der Waals surface area contributed by atoms with Gasteiger partial charge in [-0.15, -0.1) is 0 Å². The number of aromatic nitrogens is 1. The maximum absolute atomic E-state index is 11.5. The van der Waals surface area contributed by atoms with E-state index in [9.17, 15) is 15.0 Å². The van der Waals surface area contributed by atoms with Crippen molar-refractivity contribution >= 4 is 10.9 Å². The molecule has 2 unspecified atom stereocenters. The molecule has 25 heavy (non-hydrogen) atoms. The molecule has 3 atom stereocenters. The first-order valence-corrected chi connectivity index (χ1v) is 9.29. The highest BCUT2D eigenvalue weighted by atomic mass is 16.3. The third-order valence-corrected chi connectivity index (χ3v) is 5.70. The fourth-order valence-corrected chi connectivity index (χ4v) is 4.33. The van der Waals surface area contributed by atoms with Crippen molar-refractivity contribution in [3.63, 3.8) is 0 Å². The summed E-state index contributed by atoms with van der Waals surface area (Å²) in [6, 6.07) is 6.66. The van der Waals surface area contributed by atoms with Gasteiger partial charge in [-0.2, -0.15) is 0 Å². The Kier molecular flexibility index (Phi) is 5.45. The molecule has 0 aliphatic heterocycles. The third kappa shape index (κ3) is 3.88. The third-order valence-electron chi connectivity index (χ3n) is 5.70. The summed E-state index contributed by atoms with van der Waals surface area (Å²) in [7, 11) is 0. The van der Waals surface area contributed by atoms with Gasteiger partial charge in [0, 0.05) is 30.1 Å². The van der Waals surface area contributed by atoms with Crippen LogP contribution in [0.25, 0.3) is 10.9 Å². The average Bonchev–Trinajstić information content (AvgIpc) is 3.01. The van der Waals surface area contributed by atoms with E-state index < -0.39 is 6.10 Å². The zero-order chi connectivity index (χ0) is 18.0. The second-order valence-corrected chi connectivity index (χ2v) is 7.25. The van der Waals surface area contributed by atoms with E-state index >= 15 is 0 Å². The van der Waals surface area contributed by atoms with E-state index in [1.165, 1.54) is 25.0 Å². The van der Waals surface area contributed by atoms with E-state index in [4.69, 9.17) is 0 Å². The van der Waals surface area contributed by atoms with Gasteiger partial charge in [-0.05, 0) is 42.4 Å². The molecule has 0 spiro atoms. The molecule has 1 aliphatic carbocycles. The van der Waals surface area contributed by atoms with Crippen molar-refractivity contribution in [1.82, 2.24) is 10.3 Å². The molecule has 1 aromatic heterocycles. The van der Waals surface area contributed by atoms with Gasteiger partial charge in [0.05, 0.1) is 11.6 Å². The zero-order valence-corrected chi connectivity index (χ0v) is 15.0. The van der Waals surface area contributed by atoms with Crippen LogP contribution in [0.3, 0.4) is 0 Å². The van der Waals surface area contributed by atoms with Gasteiger partial charge in [0.1, 0.15) is 5.75 Å². The molecule has 2 aromatic rings. The van der Waals surface area contributed by atoms with Crippen molar-refractivity contribution in [3.05, 3.63) is 40.2 Å². The number of aromatic hydroxyl groups is 1. The molecule has 5 nitrogen and oxygen atoms in total. The van der Waals surface area contributed by atoms with Crippen LogP contribution in [0.15, 0.2) is 29.1 Å². The summed E-state index contributed by atoms with van der Waals surface area (Å²) >= 11 is 0. The summed E-state index contributed by atoms with van der Waals surface area (Å²) in [5.41, 5.74) is 0.953. The summed E-state index contributed by atoms with van der Waals surface area (Å²) in [5.74, 6) is 1.58. The van der Waals surface area contributed by atoms with Crippen LogP contribution in [0.2, 0.25) is 0 Å². The predicted molar refractivity (Wildman–Crippen MR) is 99.8 cm³/mol. The molecular formula is C20H28N2O3. The molecule has 1 heterocycles. The number of fused-ring (bicyclic) bond motifs is 1. The molecule has 1 saturated carbocycles. The largest absolute Gasteiger partial charge is 0.508 e. The normalized spacial score (nSPS) is 24.7. The van der Waals surface area contributed by atoms with Gasteiger partial charge in [-0.3, -0.25) is 4.79 Å². The van der Waals surface area contributed by atoms with Gasteiger partial charge >= 0.3 is 0 Å².